The molecule has 1 saturated carbocycles. The molecule has 1 aliphatic carbocycles. The van der Waals surface area contributed by atoms with E-state index < -0.39 is 12.3 Å². The number of hydrogen-bond acceptors (Lipinski definition) is 4. The fraction of sp³-hybridized carbons (Fsp3) is 0.333. The average Bonchev–Trinajstić information content (AvgIpc) is 3.32. The van der Waals surface area contributed by atoms with E-state index in [1.54, 1.807) is 16.8 Å². The van der Waals surface area contributed by atoms with Gasteiger partial charge >= 0.3 is 0 Å². The molecule has 1 aliphatic rings. The summed E-state index contributed by atoms with van der Waals surface area (Å²) in [6.45, 7) is 0.276. The summed E-state index contributed by atoms with van der Waals surface area (Å²) in [5.41, 5.74) is 1.27. The van der Waals surface area contributed by atoms with E-state index in [1.807, 2.05) is 12.1 Å². The molecule has 4 rings (SSSR count). The van der Waals surface area contributed by atoms with Crippen molar-refractivity contribution in [3.8, 4) is 0 Å². The summed E-state index contributed by atoms with van der Waals surface area (Å²) < 4.78 is 29.5. The minimum atomic E-state index is -2.71. The van der Waals surface area contributed by atoms with Crippen molar-refractivity contribution in [1.82, 2.24) is 24.5 Å². The van der Waals surface area contributed by atoms with Crippen LogP contribution in [0.3, 0.4) is 0 Å². The van der Waals surface area contributed by atoms with E-state index in [0.29, 0.717) is 17.3 Å². The van der Waals surface area contributed by atoms with Crippen molar-refractivity contribution >= 4 is 39.4 Å². The molecular weight excluding hydrogens is 470 g/mol. The zero-order chi connectivity index (χ0) is 20.5. The minimum Gasteiger partial charge on any atom is -0.292 e. The highest BCUT2D eigenvalue weighted by molar-refractivity contribution is 9.10. The fourth-order valence-electron chi connectivity index (χ4n) is 2.98. The first-order valence-electron chi connectivity index (χ1n) is 8.88. The molecule has 0 saturated heterocycles. The average molecular weight is 486 g/mol. The van der Waals surface area contributed by atoms with Crippen molar-refractivity contribution in [3.05, 3.63) is 57.0 Å². The van der Waals surface area contributed by atoms with Crippen LogP contribution in [0.4, 0.5) is 14.7 Å². The van der Waals surface area contributed by atoms with Gasteiger partial charge in [0.2, 0.25) is 11.9 Å². The molecule has 0 bridgehead atoms. The molecule has 1 N–H and O–H groups in total. The van der Waals surface area contributed by atoms with Gasteiger partial charge in [0, 0.05) is 10.9 Å². The molecule has 1 amide bonds. The van der Waals surface area contributed by atoms with Gasteiger partial charge in [-0.05, 0) is 46.5 Å². The molecule has 0 radical (unpaired) electrons. The van der Waals surface area contributed by atoms with Crippen molar-refractivity contribution in [2.75, 3.05) is 5.32 Å². The fourth-order valence-corrected chi connectivity index (χ4v) is 3.89. The molecule has 3 aromatic rings. The highest BCUT2D eigenvalue weighted by atomic mass is 79.9. The standard InChI is InChI=1S/C18H16BrClF2N6O/c19-14-15(17(21)22)25-28(16(14)11-3-4-11)8-13(29)24-18-23-9-27(26-18)7-10-1-5-12(20)6-2-10/h1-2,5-6,9,11,17H,3-4,7-8H2,(H,24,26,29). The van der Waals surface area contributed by atoms with Crippen LogP contribution < -0.4 is 5.32 Å². The molecular formula is C18H16BrClF2N6O. The maximum Gasteiger partial charge on any atom is 0.283 e. The van der Waals surface area contributed by atoms with Crippen molar-refractivity contribution < 1.29 is 13.6 Å². The largest absolute Gasteiger partial charge is 0.292 e. The predicted molar refractivity (Wildman–Crippen MR) is 106 cm³/mol. The molecule has 29 heavy (non-hydrogen) atoms. The van der Waals surface area contributed by atoms with Crippen LogP contribution in [0.2, 0.25) is 5.02 Å². The van der Waals surface area contributed by atoms with Gasteiger partial charge in [0.15, 0.2) is 0 Å². The van der Waals surface area contributed by atoms with Gasteiger partial charge in [-0.2, -0.15) is 5.10 Å². The van der Waals surface area contributed by atoms with Gasteiger partial charge in [0.25, 0.3) is 6.43 Å². The van der Waals surface area contributed by atoms with Gasteiger partial charge in [-0.1, -0.05) is 23.7 Å². The maximum absolute atomic E-state index is 13.2. The summed E-state index contributed by atoms with van der Waals surface area (Å²) in [6.07, 6.45) is 0.576. The minimum absolute atomic E-state index is 0.136. The second kappa shape index (κ2) is 8.19. The van der Waals surface area contributed by atoms with E-state index in [-0.39, 0.29) is 28.6 Å². The molecule has 1 fully saturated rings. The maximum atomic E-state index is 13.2. The number of nitrogens with one attached hydrogen (secondary N) is 1. The van der Waals surface area contributed by atoms with Gasteiger partial charge in [0.1, 0.15) is 18.6 Å². The summed E-state index contributed by atoms with van der Waals surface area (Å²) in [5, 5.41) is 11.4. The summed E-state index contributed by atoms with van der Waals surface area (Å²) in [5.74, 6) is -0.155. The molecule has 0 aliphatic heterocycles. The summed E-state index contributed by atoms with van der Waals surface area (Å²) in [4.78, 5) is 16.5. The molecule has 1 aromatic carbocycles. The molecule has 0 unspecified atom stereocenters. The summed E-state index contributed by atoms with van der Waals surface area (Å²) in [7, 11) is 0. The Morgan fingerprint density at radius 2 is 2.00 bits per heavy atom. The van der Waals surface area contributed by atoms with Crippen LogP contribution in [0.5, 0.6) is 0 Å². The molecule has 0 spiro atoms. The normalized spacial score (nSPS) is 13.8. The van der Waals surface area contributed by atoms with Crippen molar-refractivity contribution in [2.24, 2.45) is 0 Å². The highest BCUT2D eigenvalue weighted by Gasteiger charge is 2.34. The lowest BCUT2D eigenvalue weighted by molar-refractivity contribution is -0.117. The summed E-state index contributed by atoms with van der Waals surface area (Å²) in [6, 6.07) is 7.31. The Balaban J connectivity index is 1.42. The van der Waals surface area contributed by atoms with Crippen LogP contribution in [0.15, 0.2) is 35.1 Å². The molecule has 11 heteroatoms. The highest BCUT2D eigenvalue weighted by Crippen LogP contribution is 2.45. The van der Waals surface area contributed by atoms with Gasteiger partial charge < -0.3 is 0 Å². The van der Waals surface area contributed by atoms with Crippen molar-refractivity contribution in [1.29, 1.82) is 0 Å². The number of alkyl halides is 2. The first-order chi connectivity index (χ1) is 13.9. The van der Waals surface area contributed by atoms with E-state index in [1.165, 1.54) is 11.0 Å². The first kappa shape index (κ1) is 20.0. The first-order valence-corrected chi connectivity index (χ1v) is 10.1. The van der Waals surface area contributed by atoms with Gasteiger partial charge in [-0.3, -0.25) is 14.8 Å². The van der Waals surface area contributed by atoms with Crippen molar-refractivity contribution in [3.63, 3.8) is 0 Å². The number of halogens is 4. The Bertz CT molecular complexity index is 1030. The van der Waals surface area contributed by atoms with Crippen LogP contribution in [0, 0.1) is 0 Å². The van der Waals surface area contributed by atoms with E-state index in [0.717, 1.165) is 18.4 Å². The zero-order valence-corrected chi connectivity index (χ0v) is 17.4. The second-order valence-corrected chi connectivity index (χ2v) is 7.99. The molecule has 0 atom stereocenters. The van der Waals surface area contributed by atoms with Gasteiger partial charge in [0.05, 0.1) is 16.7 Å². The smallest absolute Gasteiger partial charge is 0.283 e. The molecule has 2 aromatic heterocycles. The number of benzene rings is 1. The second-order valence-electron chi connectivity index (χ2n) is 6.76. The van der Waals surface area contributed by atoms with Crippen LogP contribution in [0.25, 0.3) is 0 Å². The van der Waals surface area contributed by atoms with Gasteiger partial charge in [-0.25, -0.2) is 18.4 Å². The third-order valence-corrected chi connectivity index (χ3v) is 5.53. The van der Waals surface area contributed by atoms with Crippen molar-refractivity contribution in [2.45, 2.75) is 38.3 Å². The zero-order valence-electron chi connectivity index (χ0n) is 15.0. The number of hydrogen-bond donors (Lipinski definition) is 1. The number of carbonyl (C=O) groups excluding carboxylic acids is 1. The number of carbonyl (C=O) groups is 1. The molecule has 7 nitrogen and oxygen atoms in total. The van der Waals surface area contributed by atoms with E-state index in [2.05, 4.69) is 36.4 Å². The third-order valence-electron chi connectivity index (χ3n) is 4.47. The Morgan fingerprint density at radius 3 is 2.66 bits per heavy atom. The van der Waals surface area contributed by atoms with E-state index >= 15 is 0 Å². The lowest BCUT2D eigenvalue weighted by Crippen LogP contribution is -2.21. The number of aromatic nitrogens is 5. The predicted octanol–water partition coefficient (Wildman–Crippen LogP) is 4.39. The number of anilines is 1. The third kappa shape index (κ3) is 4.64. The number of rotatable bonds is 7. The summed E-state index contributed by atoms with van der Waals surface area (Å²) >= 11 is 9.08. The SMILES string of the molecule is O=C(Cn1nc(C(F)F)c(Br)c1C1CC1)Nc1ncn(Cc2ccc(Cl)cc2)n1. The topological polar surface area (TPSA) is 77.6 Å². The van der Waals surface area contributed by atoms with E-state index in [4.69, 9.17) is 11.6 Å². The van der Waals surface area contributed by atoms with E-state index in [9.17, 15) is 13.6 Å². The van der Waals surface area contributed by atoms with Gasteiger partial charge in [-0.15, -0.1) is 5.10 Å². The Kier molecular flexibility index (Phi) is 5.64. The quantitative estimate of drug-likeness (QED) is 0.538. The lowest BCUT2D eigenvalue weighted by Gasteiger charge is -2.06. The lowest BCUT2D eigenvalue weighted by atomic mass is 10.2. The van der Waals surface area contributed by atoms with Crippen LogP contribution in [-0.2, 0) is 17.9 Å². The number of amides is 1. The monoisotopic (exact) mass is 484 g/mol. The molecule has 152 valence electrons. The van der Waals surface area contributed by atoms with Crippen LogP contribution in [-0.4, -0.2) is 30.5 Å². The van der Waals surface area contributed by atoms with Crippen LogP contribution >= 0.6 is 27.5 Å². The number of nitrogens with zero attached hydrogens (tertiary/aromatic N) is 5. The van der Waals surface area contributed by atoms with Crippen LogP contribution in [0.1, 0.15) is 42.1 Å². The Hall–Kier alpha value is -2.33. The Morgan fingerprint density at radius 1 is 1.28 bits per heavy atom. The Labute approximate surface area is 178 Å². The molecule has 2 heterocycles.